The van der Waals surface area contributed by atoms with Crippen LogP contribution in [0.5, 0.6) is 5.75 Å². The van der Waals surface area contributed by atoms with Crippen molar-refractivity contribution in [1.82, 2.24) is 4.90 Å². The molecule has 0 unspecified atom stereocenters. The van der Waals surface area contributed by atoms with Gasteiger partial charge in [0, 0.05) is 12.2 Å². The monoisotopic (exact) mass is 406 g/mol. The van der Waals surface area contributed by atoms with Crippen LogP contribution in [-0.2, 0) is 9.59 Å². The van der Waals surface area contributed by atoms with Crippen LogP contribution in [0.3, 0.4) is 0 Å². The van der Waals surface area contributed by atoms with Crippen molar-refractivity contribution in [2.75, 3.05) is 18.5 Å². The van der Waals surface area contributed by atoms with E-state index in [1.54, 1.807) is 0 Å². The predicted octanol–water partition coefficient (Wildman–Crippen LogP) is 5.06. The molecular weight excluding hydrogens is 376 g/mol. The van der Waals surface area contributed by atoms with Crippen LogP contribution in [-0.4, -0.2) is 29.9 Å². The molecule has 5 heteroatoms. The zero-order valence-corrected chi connectivity index (χ0v) is 18.4. The van der Waals surface area contributed by atoms with Gasteiger partial charge in [-0.2, -0.15) is 0 Å². The zero-order chi connectivity index (χ0) is 21.8. The fraction of sp³-hybridized carbons (Fsp3) is 0.360. The minimum absolute atomic E-state index is 0.184. The third kappa shape index (κ3) is 4.56. The number of anilines is 1. The molecule has 2 aromatic carbocycles. The van der Waals surface area contributed by atoms with Crippen molar-refractivity contribution in [2.24, 2.45) is 5.92 Å². The SMILES string of the molecule is CCOc1ccc(C2=C(Nc3ccc(C(C)C)cc3)C(=O)N(CC(C)C)C2=O)cc1. The van der Waals surface area contributed by atoms with Crippen molar-refractivity contribution in [3.63, 3.8) is 0 Å². The molecule has 0 aromatic heterocycles. The molecule has 2 amide bonds. The molecule has 0 fully saturated rings. The number of rotatable bonds is 8. The van der Waals surface area contributed by atoms with Crippen molar-refractivity contribution >= 4 is 23.1 Å². The average Bonchev–Trinajstić information content (AvgIpc) is 2.93. The van der Waals surface area contributed by atoms with E-state index in [9.17, 15) is 9.59 Å². The molecule has 0 atom stereocenters. The molecule has 0 saturated carbocycles. The standard InChI is InChI=1S/C25H30N2O3/c1-6-30-21-13-9-19(10-14-21)22-23(25(29)27(24(22)28)15-16(2)3)26-20-11-7-18(8-12-20)17(4)5/h7-14,16-17,26H,6,15H2,1-5H3. The second kappa shape index (κ2) is 9.16. The molecule has 1 heterocycles. The molecule has 1 aliphatic rings. The van der Waals surface area contributed by atoms with Crippen LogP contribution in [0, 0.1) is 5.92 Å². The molecule has 1 aliphatic heterocycles. The summed E-state index contributed by atoms with van der Waals surface area (Å²) in [5, 5.41) is 3.22. The van der Waals surface area contributed by atoms with Crippen LogP contribution in [0.2, 0.25) is 0 Å². The van der Waals surface area contributed by atoms with Crippen molar-refractivity contribution < 1.29 is 14.3 Å². The second-order valence-electron chi connectivity index (χ2n) is 8.22. The van der Waals surface area contributed by atoms with Gasteiger partial charge in [-0.15, -0.1) is 0 Å². The highest BCUT2D eigenvalue weighted by atomic mass is 16.5. The Kier molecular flexibility index (Phi) is 6.60. The van der Waals surface area contributed by atoms with E-state index in [1.165, 1.54) is 10.5 Å². The zero-order valence-electron chi connectivity index (χ0n) is 18.4. The number of carbonyl (C=O) groups excluding carboxylic acids is 2. The molecule has 3 rings (SSSR count). The number of hydrogen-bond donors (Lipinski definition) is 1. The first-order chi connectivity index (χ1) is 14.3. The topological polar surface area (TPSA) is 58.6 Å². The Balaban J connectivity index is 1.99. The number of nitrogens with zero attached hydrogens (tertiary/aromatic N) is 1. The summed E-state index contributed by atoms with van der Waals surface area (Å²) in [5.41, 5.74) is 3.42. The van der Waals surface area contributed by atoms with E-state index in [0.717, 1.165) is 11.4 Å². The van der Waals surface area contributed by atoms with E-state index < -0.39 is 0 Å². The third-order valence-corrected chi connectivity index (χ3v) is 5.02. The second-order valence-corrected chi connectivity index (χ2v) is 8.22. The number of benzene rings is 2. The Hall–Kier alpha value is -3.08. The summed E-state index contributed by atoms with van der Waals surface area (Å²) in [7, 11) is 0. The molecular formula is C25H30N2O3. The molecule has 0 saturated heterocycles. The summed E-state index contributed by atoms with van der Waals surface area (Å²) in [6.45, 7) is 11.1. The molecule has 0 aliphatic carbocycles. The predicted molar refractivity (Wildman–Crippen MR) is 120 cm³/mol. The minimum atomic E-state index is -0.287. The van der Waals surface area contributed by atoms with Crippen LogP contribution >= 0.6 is 0 Å². The molecule has 158 valence electrons. The van der Waals surface area contributed by atoms with Gasteiger partial charge in [-0.05, 0) is 54.2 Å². The van der Waals surface area contributed by atoms with Gasteiger partial charge in [0.1, 0.15) is 11.4 Å². The fourth-order valence-electron chi connectivity index (χ4n) is 3.47. The van der Waals surface area contributed by atoms with Crippen molar-refractivity contribution in [2.45, 2.75) is 40.5 Å². The molecule has 0 spiro atoms. The summed E-state index contributed by atoms with van der Waals surface area (Å²) < 4.78 is 5.50. The summed E-state index contributed by atoms with van der Waals surface area (Å²) in [6.07, 6.45) is 0. The average molecular weight is 407 g/mol. The van der Waals surface area contributed by atoms with Crippen molar-refractivity contribution in [3.05, 3.63) is 65.4 Å². The number of carbonyl (C=O) groups is 2. The maximum Gasteiger partial charge on any atom is 0.278 e. The van der Waals surface area contributed by atoms with Gasteiger partial charge in [-0.1, -0.05) is 52.0 Å². The molecule has 0 radical (unpaired) electrons. The number of hydrogen-bond acceptors (Lipinski definition) is 4. The molecule has 1 N–H and O–H groups in total. The van der Waals surface area contributed by atoms with E-state index in [4.69, 9.17) is 4.74 Å². The Labute approximate surface area is 178 Å². The fourth-order valence-corrected chi connectivity index (χ4v) is 3.47. The van der Waals surface area contributed by atoms with E-state index in [2.05, 4.69) is 19.2 Å². The summed E-state index contributed by atoms with van der Waals surface area (Å²) in [4.78, 5) is 27.7. The first kappa shape index (κ1) is 21.6. The lowest BCUT2D eigenvalue weighted by molar-refractivity contribution is -0.137. The lowest BCUT2D eigenvalue weighted by Gasteiger charge is -2.17. The van der Waals surface area contributed by atoms with Gasteiger partial charge in [0.2, 0.25) is 0 Å². The Bertz CT molecular complexity index is 941. The van der Waals surface area contributed by atoms with Gasteiger partial charge < -0.3 is 10.1 Å². The van der Waals surface area contributed by atoms with Gasteiger partial charge in [0.05, 0.1) is 12.2 Å². The van der Waals surface area contributed by atoms with E-state index >= 15 is 0 Å². The number of ether oxygens (including phenoxy) is 1. The van der Waals surface area contributed by atoms with Crippen LogP contribution in [0.25, 0.3) is 5.57 Å². The normalized spacial score (nSPS) is 14.3. The summed E-state index contributed by atoms with van der Waals surface area (Å²) in [6, 6.07) is 15.3. The molecule has 0 bridgehead atoms. The molecule has 5 nitrogen and oxygen atoms in total. The van der Waals surface area contributed by atoms with Crippen LogP contribution in [0.1, 0.15) is 51.7 Å². The van der Waals surface area contributed by atoms with E-state index in [0.29, 0.717) is 35.9 Å². The van der Waals surface area contributed by atoms with Gasteiger partial charge in [0.15, 0.2) is 0 Å². The first-order valence-corrected chi connectivity index (χ1v) is 10.5. The molecule has 30 heavy (non-hydrogen) atoms. The lowest BCUT2D eigenvalue weighted by atomic mass is 10.0. The highest BCUT2D eigenvalue weighted by Gasteiger charge is 2.39. The highest BCUT2D eigenvalue weighted by Crippen LogP contribution is 2.32. The number of nitrogens with one attached hydrogen (secondary N) is 1. The number of imide groups is 1. The van der Waals surface area contributed by atoms with Crippen LogP contribution in [0.4, 0.5) is 5.69 Å². The van der Waals surface area contributed by atoms with E-state index in [-0.39, 0.29) is 17.7 Å². The van der Waals surface area contributed by atoms with Crippen LogP contribution < -0.4 is 10.1 Å². The maximum atomic E-state index is 13.2. The summed E-state index contributed by atoms with van der Waals surface area (Å²) >= 11 is 0. The lowest BCUT2D eigenvalue weighted by Crippen LogP contribution is -2.35. The third-order valence-electron chi connectivity index (χ3n) is 5.02. The largest absolute Gasteiger partial charge is 0.494 e. The quantitative estimate of drug-likeness (QED) is 0.623. The molecule has 2 aromatic rings. The Morgan fingerprint density at radius 3 is 2.07 bits per heavy atom. The van der Waals surface area contributed by atoms with Crippen molar-refractivity contribution in [1.29, 1.82) is 0 Å². The number of amides is 2. The van der Waals surface area contributed by atoms with Gasteiger partial charge in [0.25, 0.3) is 11.8 Å². The summed E-state index contributed by atoms with van der Waals surface area (Å²) in [5.74, 6) is 0.791. The maximum absolute atomic E-state index is 13.2. The minimum Gasteiger partial charge on any atom is -0.494 e. The first-order valence-electron chi connectivity index (χ1n) is 10.5. The van der Waals surface area contributed by atoms with Gasteiger partial charge in [-0.3, -0.25) is 14.5 Å². The smallest absolute Gasteiger partial charge is 0.278 e. The Morgan fingerprint density at radius 1 is 0.900 bits per heavy atom. The highest BCUT2D eigenvalue weighted by molar-refractivity contribution is 6.36. The van der Waals surface area contributed by atoms with Gasteiger partial charge >= 0.3 is 0 Å². The van der Waals surface area contributed by atoms with Gasteiger partial charge in [-0.25, -0.2) is 0 Å². The van der Waals surface area contributed by atoms with E-state index in [1.807, 2.05) is 69.3 Å². The Morgan fingerprint density at radius 2 is 1.53 bits per heavy atom. The van der Waals surface area contributed by atoms with Crippen molar-refractivity contribution in [3.8, 4) is 5.75 Å². The van der Waals surface area contributed by atoms with Crippen LogP contribution in [0.15, 0.2) is 54.2 Å².